The molecule has 0 aliphatic heterocycles. The number of pyridine rings is 1. The lowest BCUT2D eigenvalue weighted by molar-refractivity contribution is 0.0962. The third-order valence-electron chi connectivity index (χ3n) is 4.02. The number of carbonyl (C=O) groups is 1. The molecule has 3 rings (SSSR count). The Balaban J connectivity index is 2.03. The molecule has 0 saturated heterocycles. The first kappa shape index (κ1) is 12.1. The van der Waals surface area contributed by atoms with E-state index in [-0.39, 0.29) is 11.7 Å². The van der Waals surface area contributed by atoms with Gasteiger partial charge in [0, 0.05) is 18.2 Å². The molecule has 0 N–H and O–H groups in total. The monoisotopic (exact) mass is 251 g/mol. The predicted octanol–water partition coefficient (Wildman–Crippen LogP) is 3.61. The fraction of sp³-hybridized carbons (Fsp3) is 0.294. The van der Waals surface area contributed by atoms with Crippen molar-refractivity contribution in [1.29, 1.82) is 0 Å². The van der Waals surface area contributed by atoms with Gasteiger partial charge in [-0.1, -0.05) is 24.3 Å². The Bertz CT molecular complexity index is 645. The van der Waals surface area contributed by atoms with E-state index in [0.29, 0.717) is 6.42 Å². The number of fused-ring (bicyclic) bond motifs is 1. The van der Waals surface area contributed by atoms with Gasteiger partial charge < -0.3 is 0 Å². The number of aryl methyl sites for hydroxylation is 2. The highest BCUT2D eigenvalue weighted by Crippen LogP contribution is 2.34. The maximum Gasteiger partial charge on any atom is 0.165 e. The number of rotatable bonds is 1. The van der Waals surface area contributed by atoms with Gasteiger partial charge in [-0.15, -0.1) is 0 Å². The second-order valence-electron chi connectivity index (χ2n) is 5.33. The van der Waals surface area contributed by atoms with Crippen molar-refractivity contribution in [3.05, 3.63) is 64.5 Å². The second kappa shape index (κ2) is 4.61. The third kappa shape index (κ3) is 2.07. The lowest BCUT2D eigenvalue weighted by atomic mass is 9.79. The molecule has 1 heterocycles. The fourth-order valence-electron chi connectivity index (χ4n) is 3.05. The zero-order chi connectivity index (χ0) is 13.4. The van der Waals surface area contributed by atoms with Gasteiger partial charge in [0.05, 0.1) is 5.69 Å². The maximum atomic E-state index is 12.4. The summed E-state index contributed by atoms with van der Waals surface area (Å²) in [5.74, 6) is 0.510. The van der Waals surface area contributed by atoms with Crippen LogP contribution >= 0.6 is 0 Å². The van der Waals surface area contributed by atoms with Crippen LogP contribution in [0, 0.1) is 13.8 Å². The lowest BCUT2D eigenvalue weighted by Crippen LogP contribution is -2.21. The highest BCUT2D eigenvalue weighted by Gasteiger charge is 2.28. The summed E-state index contributed by atoms with van der Waals surface area (Å²) < 4.78 is 0. The summed E-state index contributed by atoms with van der Waals surface area (Å²) in [4.78, 5) is 16.8. The minimum Gasteiger partial charge on any atom is -0.294 e. The summed E-state index contributed by atoms with van der Waals surface area (Å²) in [5, 5.41) is 0. The van der Waals surface area contributed by atoms with Gasteiger partial charge in [-0.05, 0) is 48.9 Å². The van der Waals surface area contributed by atoms with E-state index in [1.807, 2.05) is 31.3 Å². The molecule has 1 atom stereocenters. The van der Waals surface area contributed by atoms with Gasteiger partial charge in [-0.25, -0.2) is 0 Å². The minimum absolute atomic E-state index is 0.236. The summed E-state index contributed by atoms with van der Waals surface area (Å²) >= 11 is 0. The molecule has 0 amide bonds. The molecule has 1 aromatic carbocycles. The van der Waals surface area contributed by atoms with Crippen LogP contribution in [0.1, 0.15) is 45.1 Å². The number of nitrogens with zero attached hydrogens (tertiary/aromatic N) is 1. The van der Waals surface area contributed by atoms with Crippen molar-refractivity contribution in [1.82, 2.24) is 4.98 Å². The van der Waals surface area contributed by atoms with E-state index in [1.54, 1.807) is 0 Å². The molecule has 1 aliphatic rings. The lowest BCUT2D eigenvalue weighted by Gasteiger charge is -2.25. The summed E-state index contributed by atoms with van der Waals surface area (Å²) in [6, 6.07) is 10.3. The van der Waals surface area contributed by atoms with Crippen molar-refractivity contribution in [2.75, 3.05) is 0 Å². The fourth-order valence-corrected chi connectivity index (χ4v) is 3.05. The van der Waals surface area contributed by atoms with Gasteiger partial charge in [0.15, 0.2) is 5.78 Å². The topological polar surface area (TPSA) is 30.0 Å². The largest absolute Gasteiger partial charge is 0.294 e. The quantitative estimate of drug-likeness (QED) is 0.775. The van der Waals surface area contributed by atoms with Crippen molar-refractivity contribution < 1.29 is 4.79 Å². The average molecular weight is 251 g/mol. The standard InChI is InChI=1S/C17H17NO/c1-11-5-3-4-6-14(11)13-9-15-17(16(19)10-13)12(2)7-8-18-15/h3-8,13H,9-10H2,1-2H3. The van der Waals surface area contributed by atoms with Crippen molar-refractivity contribution in [2.24, 2.45) is 0 Å². The van der Waals surface area contributed by atoms with Crippen LogP contribution < -0.4 is 0 Å². The smallest absolute Gasteiger partial charge is 0.165 e. The van der Waals surface area contributed by atoms with Gasteiger partial charge in [0.25, 0.3) is 0 Å². The zero-order valence-corrected chi connectivity index (χ0v) is 11.3. The molecule has 0 spiro atoms. The first-order valence-electron chi connectivity index (χ1n) is 6.70. The number of benzene rings is 1. The van der Waals surface area contributed by atoms with Crippen LogP contribution in [0.15, 0.2) is 36.5 Å². The number of ketones is 1. The Labute approximate surface area is 113 Å². The van der Waals surface area contributed by atoms with Gasteiger partial charge in [-0.3, -0.25) is 9.78 Å². The van der Waals surface area contributed by atoms with E-state index in [2.05, 4.69) is 24.0 Å². The number of aromatic nitrogens is 1. The molecule has 2 heteroatoms. The van der Waals surface area contributed by atoms with Gasteiger partial charge in [0.2, 0.25) is 0 Å². The molecular weight excluding hydrogens is 234 g/mol. The Morgan fingerprint density at radius 2 is 1.84 bits per heavy atom. The molecule has 0 bridgehead atoms. The first-order chi connectivity index (χ1) is 9.16. The van der Waals surface area contributed by atoms with Crippen LogP contribution in [0.3, 0.4) is 0 Å². The highest BCUT2D eigenvalue weighted by molar-refractivity contribution is 6.00. The van der Waals surface area contributed by atoms with E-state index in [4.69, 9.17) is 0 Å². The number of hydrogen-bond acceptors (Lipinski definition) is 2. The number of Topliss-reactive ketones (excluding diaryl/α,β-unsaturated/α-hetero) is 1. The first-order valence-corrected chi connectivity index (χ1v) is 6.70. The summed E-state index contributed by atoms with van der Waals surface area (Å²) in [6.45, 7) is 4.10. The van der Waals surface area contributed by atoms with E-state index in [1.165, 1.54) is 11.1 Å². The van der Waals surface area contributed by atoms with Crippen molar-refractivity contribution >= 4 is 5.78 Å². The van der Waals surface area contributed by atoms with Gasteiger partial charge in [0.1, 0.15) is 0 Å². The summed E-state index contributed by atoms with van der Waals surface area (Å²) in [5.41, 5.74) is 5.41. The molecule has 2 nitrogen and oxygen atoms in total. The van der Waals surface area contributed by atoms with Crippen molar-refractivity contribution in [2.45, 2.75) is 32.6 Å². The van der Waals surface area contributed by atoms with Gasteiger partial charge >= 0.3 is 0 Å². The SMILES string of the molecule is Cc1ccccc1C1CC(=O)c2c(C)ccnc2C1. The van der Waals surface area contributed by atoms with Crippen LogP contribution in [-0.4, -0.2) is 10.8 Å². The third-order valence-corrected chi connectivity index (χ3v) is 4.02. The predicted molar refractivity (Wildman–Crippen MR) is 75.5 cm³/mol. The van der Waals surface area contributed by atoms with Crippen LogP contribution in [0.5, 0.6) is 0 Å². The van der Waals surface area contributed by atoms with Crippen molar-refractivity contribution in [3.63, 3.8) is 0 Å². The van der Waals surface area contributed by atoms with E-state index in [9.17, 15) is 4.79 Å². The van der Waals surface area contributed by atoms with E-state index in [0.717, 1.165) is 23.2 Å². The van der Waals surface area contributed by atoms with Crippen LogP contribution in [0.4, 0.5) is 0 Å². The molecule has 1 unspecified atom stereocenters. The molecule has 19 heavy (non-hydrogen) atoms. The molecule has 96 valence electrons. The van der Waals surface area contributed by atoms with Crippen LogP contribution in [0.2, 0.25) is 0 Å². The summed E-state index contributed by atoms with van der Waals surface area (Å²) in [7, 11) is 0. The van der Waals surface area contributed by atoms with Crippen LogP contribution in [0.25, 0.3) is 0 Å². The molecule has 0 radical (unpaired) electrons. The number of carbonyl (C=O) groups excluding carboxylic acids is 1. The Morgan fingerprint density at radius 1 is 1.05 bits per heavy atom. The minimum atomic E-state index is 0.236. The average Bonchev–Trinajstić information content (AvgIpc) is 2.39. The molecule has 1 aliphatic carbocycles. The van der Waals surface area contributed by atoms with Crippen molar-refractivity contribution in [3.8, 4) is 0 Å². The molecule has 0 fully saturated rings. The van der Waals surface area contributed by atoms with Gasteiger partial charge in [-0.2, -0.15) is 0 Å². The molecular formula is C17H17NO. The highest BCUT2D eigenvalue weighted by atomic mass is 16.1. The Morgan fingerprint density at radius 3 is 2.63 bits per heavy atom. The molecule has 0 saturated carbocycles. The van der Waals surface area contributed by atoms with E-state index < -0.39 is 0 Å². The Hall–Kier alpha value is -1.96. The van der Waals surface area contributed by atoms with E-state index >= 15 is 0 Å². The number of hydrogen-bond donors (Lipinski definition) is 0. The summed E-state index contributed by atoms with van der Waals surface area (Å²) in [6.07, 6.45) is 3.28. The normalized spacial score (nSPS) is 18.2. The maximum absolute atomic E-state index is 12.4. The Kier molecular flexibility index (Phi) is 2.94. The second-order valence-corrected chi connectivity index (χ2v) is 5.33. The van der Waals surface area contributed by atoms with Crippen LogP contribution in [-0.2, 0) is 6.42 Å². The molecule has 1 aromatic heterocycles. The molecule has 2 aromatic rings. The zero-order valence-electron chi connectivity index (χ0n) is 11.3.